The predicted octanol–water partition coefficient (Wildman–Crippen LogP) is 1.15. The first-order chi connectivity index (χ1) is 9.03. The molecule has 8 heteroatoms. The van der Waals surface area contributed by atoms with Crippen LogP contribution in [0.4, 0.5) is 13.2 Å². The molecule has 2 heterocycles. The molecule has 112 valence electrons. The van der Waals surface area contributed by atoms with Gasteiger partial charge < -0.3 is 10.0 Å². The van der Waals surface area contributed by atoms with E-state index in [2.05, 4.69) is 5.10 Å². The fourth-order valence-electron chi connectivity index (χ4n) is 2.13. The Bertz CT molecular complexity index is 531. The number of aliphatic hydroxyl groups excluding tert-OH is 1. The topological polar surface area (TPSA) is 58.4 Å². The second-order valence-electron chi connectivity index (χ2n) is 5.53. The molecular weight excluding hydrogens is 275 g/mol. The number of rotatable bonds is 2. The van der Waals surface area contributed by atoms with Crippen molar-refractivity contribution in [3.8, 4) is 0 Å². The maximum atomic E-state index is 12.7. The molecule has 0 atom stereocenters. The molecule has 1 aromatic rings. The van der Waals surface area contributed by atoms with Crippen molar-refractivity contribution in [1.82, 2.24) is 14.7 Å². The molecule has 1 amide bonds. The van der Waals surface area contributed by atoms with Crippen LogP contribution in [-0.4, -0.2) is 44.9 Å². The van der Waals surface area contributed by atoms with Crippen LogP contribution >= 0.6 is 0 Å². The molecule has 0 aromatic carbocycles. The van der Waals surface area contributed by atoms with E-state index in [0.717, 1.165) is 4.68 Å². The summed E-state index contributed by atoms with van der Waals surface area (Å²) >= 11 is 0. The summed E-state index contributed by atoms with van der Waals surface area (Å²) in [6, 6.07) is 0. The predicted molar refractivity (Wildman–Crippen MR) is 63.9 cm³/mol. The highest BCUT2D eigenvalue weighted by molar-refractivity contribution is 5.84. The summed E-state index contributed by atoms with van der Waals surface area (Å²) in [6.07, 6.45) is -3.88. The third-order valence-electron chi connectivity index (χ3n) is 3.41. The zero-order valence-electron chi connectivity index (χ0n) is 11.4. The average molecular weight is 291 g/mol. The lowest BCUT2D eigenvalue weighted by Crippen LogP contribution is -2.59. The standard InChI is InChI=1S/C12H16F3N3O2/c1-7-4-18(16-9(7)12(13,14)15)11(2,3)10(20)17-5-8(19)6-17/h4,8,19H,5-6H2,1-3H3. The molecule has 5 nitrogen and oxygen atoms in total. The number of hydrogen-bond acceptors (Lipinski definition) is 3. The normalized spacial score (nSPS) is 17.2. The third-order valence-corrected chi connectivity index (χ3v) is 3.41. The van der Waals surface area contributed by atoms with Gasteiger partial charge in [-0.2, -0.15) is 18.3 Å². The molecule has 0 aliphatic carbocycles. The van der Waals surface area contributed by atoms with Gasteiger partial charge >= 0.3 is 6.18 Å². The first-order valence-corrected chi connectivity index (χ1v) is 6.15. The van der Waals surface area contributed by atoms with Gasteiger partial charge in [-0.05, 0) is 26.3 Å². The second-order valence-corrected chi connectivity index (χ2v) is 5.53. The molecule has 1 aromatic heterocycles. The van der Waals surface area contributed by atoms with Crippen LogP contribution in [0.25, 0.3) is 0 Å². The fourth-order valence-corrected chi connectivity index (χ4v) is 2.13. The molecule has 2 rings (SSSR count). The maximum Gasteiger partial charge on any atom is 0.435 e. The van der Waals surface area contributed by atoms with Crippen LogP contribution in [0.3, 0.4) is 0 Å². The van der Waals surface area contributed by atoms with Crippen molar-refractivity contribution in [2.24, 2.45) is 0 Å². The maximum absolute atomic E-state index is 12.7. The summed E-state index contributed by atoms with van der Waals surface area (Å²) < 4.78 is 39.2. The zero-order chi connectivity index (χ0) is 15.3. The lowest BCUT2D eigenvalue weighted by atomic mass is 10.0. The van der Waals surface area contributed by atoms with Gasteiger partial charge in [0.15, 0.2) is 5.69 Å². The fraction of sp³-hybridized carbons (Fsp3) is 0.667. The van der Waals surface area contributed by atoms with Crippen molar-refractivity contribution in [3.05, 3.63) is 17.5 Å². The van der Waals surface area contributed by atoms with Gasteiger partial charge in [0.05, 0.1) is 6.10 Å². The molecular formula is C12H16F3N3O2. The van der Waals surface area contributed by atoms with E-state index in [0.29, 0.717) is 0 Å². The van der Waals surface area contributed by atoms with Gasteiger partial charge in [-0.3, -0.25) is 9.48 Å². The van der Waals surface area contributed by atoms with Gasteiger partial charge in [-0.15, -0.1) is 0 Å². The smallest absolute Gasteiger partial charge is 0.389 e. The number of halogens is 3. The van der Waals surface area contributed by atoms with Crippen LogP contribution in [-0.2, 0) is 16.5 Å². The van der Waals surface area contributed by atoms with Crippen molar-refractivity contribution >= 4 is 5.91 Å². The van der Waals surface area contributed by atoms with Crippen LogP contribution in [0.5, 0.6) is 0 Å². The number of hydrogen-bond donors (Lipinski definition) is 1. The van der Waals surface area contributed by atoms with Gasteiger partial charge in [0.2, 0.25) is 5.91 Å². The van der Waals surface area contributed by atoms with Crippen LogP contribution in [0.2, 0.25) is 0 Å². The number of nitrogens with zero attached hydrogens (tertiary/aromatic N) is 3. The Balaban J connectivity index is 2.28. The van der Waals surface area contributed by atoms with Crippen molar-refractivity contribution in [2.75, 3.05) is 13.1 Å². The SMILES string of the molecule is Cc1cn(C(C)(C)C(=O)N2CC(O)C2)nc1C(F)(F)F. The van der Waals surface area contributed by atoms with Crippen LogP contribution < -0.4 is 0 Å². The molecule has 0 saturated carbocycles. The Kier molecular flexibility index (Phi) is 3.32. The number of aryl methyl sites for hydroxylation is 1. The molecule has 0 spiro atoms. The summed E-state index contributed by atoms with van der Waals surface area (Å²) in [5, 5.41) is 12.7. The van der Waals surface area contributed by atoms with Gasteiger partial charge in [-0.1, -0.05) is 0 Å². The van der Waals surface area contributed by atoms with Gasteiger partial charge in [0, 0.05) is 19.3 Å². The van der Waals surface area contributed by atoms with E-state index < -0.39 is 23.5 Å². The summed E-state index contributed by atoms with van der Waals surface area (Å²) in [7, 11) is 0. The molecule has 0 unspecified atom stereocenters. The van der Waals surface area contributed by atoms with E-state index in [1.165, 1.54) is 31.9 Å². The second kappa shape index (κ2) is 4.47. The van der Waals surface area contributed by atoms with E-state index in [4.69, 9.17) is 0 Å². The number of aliphatic hydroxyl groups is 1. The first kappa shape index (κ1) is 14.8. The van der Waals surface area contributed by atoms with Crippen molar-refractivity contribution in [2.45, 2.75) is 38.6 Å². The number of aromatic nitrogens is 2. The summed E-state index contributed by atoms with van der Waals surface area (Å²) in [5.41, 5.74) is -2.24. The lowest BCUT2D eigenvalue weighted by Gasteiger charge is -2.40. The minimum Gasteiger partial charge on any atom is -0.389 e. The number of carbonyl (C=O) groups is 1. The first-order valence-electron chi connectivity index (χ1n) is 6.15. The average Bonchev–Trinajstić information content (AvgIpc) is 2.66. The summed E-state index contributed by atoms with van der Waals surface area (Å²) in [4.78, 5) is 13.6. The van der Waals surface area contributed by atoms with E-state index in [-0.39, 0.29) is 24.6 Å². The van der Waals surface area contributed by atoms with E-state index in [1.54, 1.807) is 0 Å². The van der Waals surface area contributed by atoms with Gasteiger partial charge in [0.25, 0.3) is 0 Å². The number of amides is 1. The Morgan fingerprint density at radius 2 is 1.95 bits per heavy atom. The zero-order valence-corrected chi connectivity index (χ0v) is 11.4. The third kappa shape index (κ3) is 2.39. The van der Waals surface area contributed by atoms with Crippen molar-refractivity contribution in [3.63, 3.8) is 0 Å². The Morgan fingerprint density at radius 1 is 1.40 bits per heavy atom. The van der Waals surface area contributed by atoms with E-state index in [9.17, 15) is 23.1 Å². The highest BCUT2D eigenvalue weighted by Gasteiger charge is 2.42. The Labute approximate surface area is 114 Å². The van der Waals surface area contributed by atoms with Crippen molar-refractivity contribution in [1.29, 1.82) is 0 Å². The molecule has 1 saturated heterocycles. The van der Waals surface area contributed by atoms with E-state index >= 15 is 0 Å². The van der Waals surface area contributed by atoms with E-state index in [1.807, 2.05) is 0 Å². The molecule has 1 fully saturated rings. The number of likely N-dealkylation sites (tertiary alicyclic amines) is 1. The molecule has 20 heavy (non-hydrogen) atoms. The minimum atomic E-state index is -4.54. The molecule has 1 N–H and O–H groups in total. The lowest BCUT2D eigenvalue weighted by molar-refractivity contribution is -0.151. The Hall–Kier alpha value is -1.57. The summed E-state index contributed by atoms with van der Waals surface area (Å²) in [5.74, 6) is -0.362. The highest BCUT2D eigenvalue weighted by Crippen LogP contribution is 2.32. The Morgan fingerprint density at radius 3 is 2.35 bits per heavy atom. The van der Waals surface area contributed by atoms with Gasteiger partial charge in [0.1, 0.15) is 5.54 Å². The largest absolute Gasteiger partial charge is 0.435 e. The molecule has 1 aliphatic heterocycles. The van der Waals surface area contributed by atoms with Gasteiger partial charge in [-0.25, -0.2) is 0 Å². The summed E-state index contributed by atoms with van der Waals surface area (Å²) in [6.45, 7) is 4.73. The minimum absolute atomic E-state index is 0.0259. The molecule has 1 aliphatic rings. The van der Waals surface area contributed by atoms with Crippen LogP contribution in [0, 0.1) is 6.92 Å². The number of alkyl halides is 3. The number of β-amino-alcohol motifs (C(OH)–C–C–N with tert-alkyl or cyclic N) is 1. The molecule has 0 radical (unpaired) electrons. The highest BCUT2D eigenvalue weighted by atomic mass is 19.4. The quantitative estimate of drug-likeness (QED) is 0.889. The van der Waals surface area contributed by atoms with Crippen LogP contribution in [0.1, 0.15) is 25.1 Å². The monoisotopic (exact) mass is 291 g/mol. The molecule has 0 bridgehead atoms. The van der Waals surface area contributed by atoms with Crippen molar-refractivity contribution < 1.29 is 23.1 Å². The number of carbonyl (C=O) groups excluding carboxylic acids is 1. The van der Waals surface area contributed by atoms with Crippen LogP contribution in [0.15, 0.2) is 6.20 Å².